The van der Waals surface area contributed by atoms with E-state index in [0.717, 1.165) is 18.4 Å². The maximum absolute atomic E-state index is 11.0. The minimum Gasteiger partial charge on any atom is -0.493 e. The van der Waals surface area contributed by atoms with Crippen LogP contribution in [0.25, 0.3) is 11.3 Å². The van der Waals surface area contributed by atoms with E-state index in [-0.39, 0.29) is 5.69 Å². The Bertz CT molecular complexity index is 689. The number of carboxylic acid groups (broad SMARTS) is 1. The molecule has 6 heteroatoms. The van der Waals surface area contributed by atoms with Crippen LogP contribution in [0.3, 0.4) is 0 Å². The third-order valence-electron chi connectivity index (χ3n) is 3.38. The Morgan fingerprint density at radius 2 is 2.10 bits per heavy atom. The van der Waals surface area contributed by atoms with Crippen LogP contribution in [0, 0.1) is 0 Å². The van der Waals surface area contributed by atoms with Crippen molar-refractivity contribution in [3.05, 3.63) is 30.0 Å². The van der Waals surface area contributed by atoms with Crippen LogP contribution in [0.2, 0.25) is 0 Å². The van der Waals surface area contributed by atoms with E-state index in [9.17, 15) is 4.79 Å². The van der Waals surface area contributed by atoms with Crippen molar-refractivity contribution < 1.29 is 19.4 Å². The fourth-order valence-electron chi connectivity index (χ4n) is 2.13. The highest BCUT2D eigenvalue weighted by atomic mass is 16.5. The molecule has 1 fully saturated rings. The molecule has 0 bridgehead atoms. The topological polar surface area (TPSA) is 73.6 Å². The van der Waals surface area contributed by atoms with E-state index in [0.29, 0.717) is 23.3 Å². The van der Waals surface area contributed by atoms with Crippen LogP contribution < -0.4 is 9.47 Å². The molecule has 1 aromatic carbocycles. The van der Waals surface area contributed by atoms with Gasteiger partial charge in [-0.3, -0.25) is 4.68 Å². The average molecular weight is 288 g/mol. The molecule has 21 heavy (non-hydrogen) atoms. The summed E-state index contributed by atoms with van der Waals surface area (Å²) in [7, 11) is 3.30. The van der Waals surface area contributed by atoms with Crippen LogP contribution in [0.1, 0.15) is 23.3 Å². The highest BCUT2D eigenvalue weighted by Crippen LogP contribution is 2.36. The van der Waals surface area contributed by atoms with Gasteiger partial charge in [-0.15, -0.1) is 0 Å². The number of aromatic carboxylic acids is 1. The molecular formula is C15H16N2O4. The van der Waals surface area contributed by atoms with Crippen molar-refractivity contribution in [2.45, 2.75) is 18.9 Å². The quantitative estimate of drug-likeness (QED) is 0.914. The third kappa shape index (κ3) is 2.69. The van der Waals surface area contributed by atoms with Crippen molar-refractivity contribution >= 4 is 5.97 Å². The summed E-state index contributed by atoms with van der Waals surface area (Å²) in [6.45, 7) is 0. The lowest BCUT2D eigenvalue weighted by molar-refractivity contribution is 0.0689. The molecule has 1 N–H and O–H groups in total. The van der Waals surface area contributed by atoms with Gasteiger partial charge in [0.1, 0.15) is 0 Å². The number of carbonyl (C=O) groups is 1. The van der Waals surface area contributed by atoms with Gasteiger partial charge < -0.3 is 14.6 Å². The largest absolute Gasteiger partial charge is 0.493 e. The van der Waals surface area contributed by atoms with Crippen LogP contribution in [0.15, 0.2) is 24.3 Å². The molecule has 0 amide bonds. The van der Waals surface area contributed by atoms with Gasteiger partial charge in [-0.2, -0.15) is 5.10 Å². The zero-order valence-corrected chi connectivity index (χ0v) is 11.9. The molecule has 110 valence electrons. The first kappa shape index (κ1) is 13.5. The second-order valence-corrected chi connectivity index (χ2v) is 5.03. The van der Waals surface area contributed by atoms with Gasteiger partial charge in [-0.05, 0) is 37.1 Å². The van der Waals surface area contributed by atoms with Crippen molar-refractivity contribution in [2.24, 2.45) is 7.05 Å². The SMILES string of the molecule is COc1cc(-c2cc(C(=O)O)nn2C)ccc1OC1CC1. The Kier molecular flexibility index (Phi) is 3.29. The predicted octanol–water partition coefficient (Wildman–Crippen LogP) is 2.34. The van der Waals surface area contributed by atoms with Crippen molar-refractivity contribution in [1.29, 1.82) is 0 Å². The molecule has 3 rings (SSSR count). The highest BCUT2D eigenvalue weighted by Gasteiger charge is 2.25. The van der Waals surface area contributed by atoms with E-state index >= 15 is 0 Å². The first-order valence-electron chi connectivity index (χ1n) is 6.71. The Morgan fingerprint density at radius 3 is 2.67 bits per heavy atom. The number of rotatable bonds is 5. The smallest absolute Gasteiger partial charge is 0.356 e. The molecule has 0 unspecified atom stereocenters. The zero-order chi connectivity index (χ0) is 15.0. The summed E-state index contributed by atoms with van der Waals surface area (Å²) in [5, 5.41) is 13.0. The number of nitrogens with zero attached hydrogens (tertiary/aromatic N) is 2. The summed E-state index contributed by atoms with van der Waals surface area (Å²) in [6.07, 6.45) is 2.45. The van der Waals surface area contributed by atoms with Gasteiger partial charge in [0, 0.05) is 12.6 Å². The van der Waals surface area contributed by atoms with Crippen LogP contribution in [0.4, 0.5) is 0 Å². The van der Waals surface area contributed by atoms with Crippen LogP contribution in [0.5, 0.6) is 11.5 Å². The molecule has 6 nitrogen and oxygen atoms in total. The Morgan fingerprint density at radius 1 is 1.33 bits per heavy atom. The van der Waals surface area contributed by atoms with Gasteiger partial charge in [-0.1, -0.05) is 0 Å². The lowest BCUT2D eigenvalue weighted by atomic mass is 10.1. The van der Waals surface area contributed by atoms with Gasteiger partial charge in [0.15, 0.2) is 17.2 Å². The summed E-state index contributed by atoms with van der Waals surface area (Å²) >= 11 is 0. The molecule has 0 radical (unpaired) electrons. The van der Waals surface area contributed by atoms with Crippen molar-refractivity contribution in [2.75, 3.05) is 7.11 Å². The monoisotopic (exact) mass is 288 g/mol. The third-order valence-corrected chi connectivity index (χ3v) is 3.38. The standard InChI is InChI=1S/C15H16N2O4/c1-17-12(8-11(16-17)15(18)19)9-3-6-13(14(7-9)20-2)21-10-4-5-10/h3,6-8,10H,4-5H2,1-2H3,(H,18,19). The van der Waals surface area contributed by atoms with Crippen LogP contribution in [-0.4, -0.2) is 34.1 Å². The maximum Gasteiger partial charge on any atom is 0.356 e. The molecule has 1 aliphatic carbocycles. The predicted molar refractivity (Wildman–Crippen MR) is 75.8 cm³/mol. The maximum atomic E-state index is 11.0. The van der Waals surface area contributed by atoms with E-state index < -0.39 is 5.97 Å². The first-order valence-corrected chi connectivity index (χ1v) is 6.71. The minimum absolute atomic E-state index is 0.0183. The first-order chi connectivity index (χ1) is 10.1. The lowest BCUT2D eigenvalue weighted by Gasteiger charge is -2.11. The number of hydrogen-bond donors (Lipinski definition) is 1. The van der Waals surface area contributed by atoms with Crippen molar-refractivity contribution in [1.82, 2.24) is 9.78 Å². The molecule has 2 aromatic rings. The number of aromatic nitrogens is 2. The average Bonchev–Trinajstić information content (AvgIpc) is 3.19. The van der Waals surface area contributed by atoms with Crippen LogP contribution in [-0.2, 0) is 7.05 Å². The number of carboxylic acids is 1. The Hall–Kier alpha value is -2.50. The van der Waals surface area contributed by atoms with Crippen molar-refractivity contribution in [3.8, 4) is 22.8 Å². The van der Waals surface area contributed by atoms with Crippen molar-refractivity contribution in [3.63, 3.8) is 0 Å². The van der Waals surface area contributed by atoms with Gasteiger partial charge in [0.2, 0.25) is 0 Å². The molecule has 1 heterocycles. The van der Waals surface area contributed by atoms with Gasteiger partial charge >= 0.3 is 5.97 Å². The van der Waals surface area contributed by atoms with Gasteiger partial charge in [0.25, 0.3) is 0 Å². The van der Waals surface area contributed by atoms with Crippen LogP contribution >= 0.6 is 0 Å². The summed E-state index contributed by atoms with van der Waals surface area (Å²) < 4.78 is 12.7. The highest BCUT2D eigenvalue weighted by molar-refractivity contribution is 5.87. The molecular weight excluding hydrogens is 272 g/mol. The summed E-state index contributed by atoms with van der Waals surface area (Å²) in [6, 6.07) is 7.10. The van der Waals surface area contributed by atoms with Gasteiger partial charge in [0.05, 0.1) is 18.9 Å². The molecule has 1 aromatic heterocycles. The Labute approximate surface area is 121 Å². The summed E-state index contributed by atoms with van der Waals surface area (Å²) in [5.74, 6) is 0.305. The fraction of sp³-hybridized carbons (Fsp3) is 0.333. The minimum atomic E-state index is -1.04. The molecule has 1 saturated carbocycles. The molecule has 0 spiro atoms. The normalized spacial score (nSPS) is 14.0. The van der Waals surface area contributed by atoms with E-state index in [4.69, 9.17) is 14.6 Å². The fourth-order valence-corrected chi connectivity index (χ4v) is 2.13. The number of aryl methyl sites for hydroxylation is 1. The molecule has 0 atom stereocenters. The number of benzene rings is 1. The van der Waals surface area contributed by atoms with E-state index in [2.05, 4.69) is 5.10 Å². The zero-order valence-electron chi connectivity index (χ0n) is 11.9. The lowest BCUT2D eigenvalue weighted by Crippen LogP contribution is -2.00. The second kappa shape index (κ2) is 5.12. The number of hydrogen-bond acceptors (Lipinski definition) is 4. The molecule has 1 aliphatic rings. The van der Waals surface area contributed by atoms with E-state index in [1.54, 1.807) is 24.9 Å². The Balaban J connectivity index is 1.96. The second-order valence-electron chi connectivity index (χ2n) is 5.03. The number of ether oxygens (including phenoxy) is 2. The number of methoxy groups -OCH3 is 1. The summed E-state index contributed by atoms with van der Waals surface area (Å²) in [5.41, 5.74) is 1.56. The molecule has 0 saturated heterocycles. The summed E-state index contributed by atoms with van der Waals surface area (Å²) in [4.78, 5) is 11.0. The van der Waals surface area contributed by atoms with Gasteiger partial charge in [-0.25, -0.2) is 4.79 Å². The van der Waals surface area contributed by atoms with E-state index in [1.807, 2.05) is 18.2 Å². The van der Waals surface area contributed by atoms with E-state index in [1.165, 1.54) is 0 Å². The molecule has 0 aliphatic heterocycles.